The Kier molecular flexibility index (Phi) is 4.70. The summed E-state index contributed by atoms with van der Waals surface area (Å²) in [5.74, 6) is 0. The minimum atomic E-state index is -0.494. The number of aldehydes is 1. The van der Waals surface area contributed by atoms with Crippen molar-refractivity contribution in [1.29, 1.82) is 0 Å². The highest BCUT2D eigenvalue weighted by Crippen LogP contribution is 2.49. The second kappa shape index (κ2) is 7.37. The summed E-state index contributed by atoms with van der Waals surface area (Å²) in [6.45, 7) is 2.60. The maximum absolute atomic E-state index is 11.5. The zero-order valence-electron chi connectivity index (χ0n) is 15.9. The number of benzene rings is 1. The minimum absolute atomic E-state index is 0.414. The van der Waals surface area contributed by atoms with Crippen molar-refractivity contribution >= 4 is 17.9 Å². The van der Waals surface area contributed by atoms with Crippen LogP contribution in [0.3, 0.4) is 0 Å². The van der Waals surface area contributed by atoms with Crippen molar-refractivity contribution in [3.8, 4) is 5.69 Å². The zero-order valence-corrected chi connectivity index (χ0v) is 16.6. The fraction of sp³-hybridized carbons (Fsp3) is 0.318. The van der Waals surface area contributed by atoms with Gasteiger partial charge in [0.15, 0.2) is 6.29 Å². The smallest absolute Gasteiger partial charge is 0.153 e. The molecule has 6 nitrogen and oxygen atoms in total. The first-order valence-corrected chi connectivity index (χ1v) is 10.1. The highest BCUT2D eigenvalue weighted by Gasteiger charge is 2.46. The molecule has 1 spiro atoms. The summed E-state index contributed by atoms with van der Waals surface area (Å²) in [5, 5.41) is 5.14. The average Bonchev–Trinajstić information content (AvgIpc) is 3.34. The minimum Gasteiger partial charge on any atom is -0.355 e. The van der Waals surface area contributed by atoms with Gasteiger partial charge in [-0.25, -0.2) is 4.68 Å². The van der Waals surface area contributed by atoms with E-state index >= 15 is 0 Å². The van der Waals surface area contributed by atoms with E-state index in [-0.39, 0.29) is 0 Å². The number of hydrogen-bond acceptors (Lipinski definition) is 5. The van der Waals surface area contributed by atoms with Crippen LogP contribution < -0.4 is 0 Å². The Bertz CT molecular complexity index is 1030. The van der Waals surface area contributed by atoms with Crippen LogP contribution in [0.4, 0.5) is 0 Å². The first kappa shape index (κ1) is 18.5. The van der Waals surface area contributed by atoms with Crippen molar-refractivity contribution in [2.75, 3.05) is 13.1 Å². The van der Waals surface area contributed by atoms with Crippen molar-refractivity contribution in [3.63, 3.8) is 0 Å². The quantitative estimate of drug-likeness (QED) is 0.616. The Morgan fingerprint density at radius 1 is 1.24 bits per heavy atom. The van der Waals surface area contributed by atoms with Crippen LogP contribution in [0.1, 0.15) is 35.6 Å². The molecule has 7 heteroatoms. The number of rotatable bonds is 4. The molecule has 0 radical (unpaired) electrons. The van der Waals surface area contributed by atoms with Gasteiger partial charge in [-0.1, -0.05) is 17.7 Å². The number of carbonyl (C=O) groups is 1. The molecule has 0 N–H and O–H groups in total. The molecule has 1 atom stereocenters. The third kappa shape index (κ3) is 3.37. The van der Waals surface area contributed by atoms with Crippen LogP contribution in [0.15, 0.2) is 55.1 Å². The summed E-state index contributed by atoms with van der Waals surface area (Å²) in [6, 6.07) is 9.60. The highest BCUT2D eigenvalue weighted by molar-refractivity contribution is 6.30. The molecular formula is C22H21ClN4O2. The Balaban J connectivity index is 1.29. The SMILES string of the molecule is O=CC1OC2(CCN(Cc3cnn(-c4cccnc4)c3)CC2)c2cc(Cl)ccc21. The van der Waals surface area contributed by atoms with E-state index in [0.29, 0.717) is 5.02 Å². The summed E-state index contributed by atoms with van der Waals surface area (Å²) in [7, 11) is 0. The maximum Gasteiger partial charge on any atom is 0.153 e. The van der Waals surface area contributed by atoms with Gasteiger partial charge in [0.05, 0.1) is 23.7 Å². The fourth-order valence-corrected chi connectivity index (χ4v) is 4.60. The number of pyridine rings is 1. The topological polar surface area (TPSA) is 60.2 Å². The lowest BCUT2D eigenvalue weighted by Gasteiger charge is -2.39. The van der Waals surface area contributed by atoms with Crippen LogP contribution in [0.25, 0.3) is 5.69 Å². The molecule has 2 aromatic heterocycles. The first-order valence-electron chi connectivity index (χ1n) is 9.76. The molecule has 0 amide bonds. The molecule has 29 heavy (non-hydrogen) atoms. The van der Waals surface area contributed by atoms with Crippen LogP contribution >= 0.6 is 11.6 Å². The number of carbonyl (C=O) groups excluding carboxylic acids is 1. The van der Waals surface area contributed by atoms with Crippen LogP contribution in [-0.4, -0.2) is 39.0 Å². The summed E-state index contributed by atoms with van der Waals surface area (Å²) in [5.41, 5.74) is 3.72. The van der Waals surface area contributed by atoms with Crippen molar-refractivity contribution in [1.82, 2.24) is 19.7 Å². The predicted octanol–water partition coefficient (Wildman–Crippen LogP) is 3.68. The molecule has 148 valence electrons. The van der Waals surface area contributed by atoms with E-state index in [9.17, 15) is 4.79 Å². The standard InChI is InChI=1S/C22H21ClN4O2/c23-17-3-4-19-20(10-17)22(29-21(19)15-28)5-8-26(9-6-22)13-16-11-25-27(14-16)18-2-1-7-24-12-18/h1-4,7,10-12,14-15,21H,5-6,8-9,13H2. The number of hydrogen-bond donors (Lipinski definition) is 0. The molecule has 3 aromatic rings. The molecule has 2 aliphatic heterocycles. The third-order valence-corrected chi connectivity index (χ3v) is 6.14. The third-order valence-electron chi connectivity index (χ3n) is 5.91. The second-order valence-electron chi connectivity index (χ2n) is 7.68. The van der Waals surface area contributed by atoms with Gasteiger partial charge in [0.1, 0.15) is 6.10 Å². The Labute approximate surface area is 174 Å². The summed E-state index contributed by atoms with van der Waals surface area (Å²) >= 11 is 6.24. The number of fused-ring (bicyclic) bond motifs is 2. The van der Waals surface area contributed by atoms with E-state index in [0.717, 1.165) is 61.1 Å². The molecule has 0 aliphatic carbocycles. The van der Waals surface area contributed by atoms with E-state index in [2.05, 4.69) is 15.0 Å². The average molecular weight is 409 g/mol. The predicted molar refractivity (Wildman–Crippen MR) is 109 cm³/mol. The van der Waals surface area contributed by atoms with Crippen molar-refractivity contribution in [2.45, 2.75) is 31.1 Å². The number of likely N-dealkylation sites (tertiary alicyclic amines) is 1. The van der Waals surface area contributed by atoms with Gasteiger partial charge >= 0.3 is 0 Å². The lowest BCUT2D eigenvalue weighted by molar-refractivity contribution is -0.137. The second-order valence-corrected chi connectivity index (χ2v) is 8.12. The number of aromatic nitrogens is 3. The molecule has 0 saturated carbocycles. The summed E-state index contributed by atoms with van der Waals surface area (Å²) < 4.78 is 8.10. The maximum atomic E-state index is 11.5. The highest BCUT2D eigenvalue weighted by atomic mass is 35.5. The van der Waals surface area contributed by atoms with Gasteiger partial charge in [0.2, 0.25) is 0 Å². The lowest BCUT2D eigenvalue weighted by atomic mass is 9.83. The Morgan fingerprint density at radius 3 is 2.86 bits per heavy atom. The van der Waals surface area contributed by atoms with Crippen molar-refractivity contribution < 1.29 is 9.53 Å². The summed E-state index contributed by atoms with van der Waals surface area (Å²) in [6.07, 6.45) is 9.56. The van der Waals surface area contributed by atoms with Gasteiger partial charge in [-0.15, -0.1) is 0 Å². The van der Waals surface area contributed by atoms with Crippen LogP contribution in [0, 0.1) is 0 Å². The lowest BCUT2D eigenvalue weighted by Crippen LogP contribution is -2.42. The van der Waals surface area contributed by atoms with Crippen LogP contribution in [0.5, 0.6) is 0 Å². The van der Waals surface area contributed by atoms with Gasteiger partial charge in [0.25, 0.3) is 0 Å². The molecule has 0 bridgehead atoms. The monoisotopic (exact) mass is 408 g/mol. The zero-order chi connectivity index (χ0) is 19.8. The fourth-order valence-electron chi connectivity index (χ4n) is 4.43. The van der Waals surface area contributed by atoms with Gasteiger partial charge < -0.3 is 9.53 Å². The van der Waals surface area contributed by atoms with Crippen LogP contribution in [-0.2, 0) is 21.7 Å². The molecule has 4 heterocycles. The van der Waals surface area contributed by atoms with E-state index in [1.807, 2.05) is 47.4 Å². The molecule has 1 saturated heterocycles. The molecule has 2 aliphatic rings. The molecule has 1 unspecified atom stereocenters. The normalized spacial score (nSPS) is 20.7. The Morgan fingerprint density at radius 2 is 2.10 bits per heavy atom. The molecular weight excluding hydrogens is 388 g/mol. The largest absolute Gasteiger partial charge is 0.355 e. The van der Waals surface area contributed by atoms with Crippen LogP contribution in [0.2, 0.25) is 5.02 Å². The van der Waals surface area contributed by atoms with Gasteiger partial charge in [-0.05, 0) is 48.2 Å². The number of nitrogens with zero attached hydrogens (tertiary/aromatic N) is 4. The van der Waals surface area contributed by atoms with Gasteiger partial charge in [-0.3, -0.25) is 9.88 Å². The Hall–Kier alpha value is -2.54. The van der Waals surface area contributed by atoms with Crippen molar-refractivity contribution in [3.05, 3.63) is 76.8 Å². The van der Waals surface area contributed by atoms with Gasteiger partial charge in [0, 0.05) is 42.6 Å². The van der Waals surface area contributed by atoms with E-state index in [1.165, 1.54) is 0 Å². The van der Waals surface area contributed by atoms with E-state index < -0.39 is 11.7 Å². The molecule has 1 fully saturated rings. The van der Waals surface area contributed by atoms with Gasteiger partial charge in [-0.2, -0.15) is 5.10 Å². The number of piperidine rings is 1. The first-order chi connectivity index (χ1) is 14.2. The number of halogens is 1. The van der Waals surface area contributed by atoms with E-state index in [4.69, 9.17) is 16.3 Å². The number of ether oxygens (including phenoxy) is 1. The van der Waals surface area contributed by atoms with E-state index in [1.54, 1.807) is 12.4 Å². The molecule has 1 aromatic carbocycles. The summed E-state index contributed by atoms with van der Waals surface area (Å²) in [4.78, 5) is 18.1. The van der Waals surface area contributed by atoms with Crippen molar-refractivity contribution in [2.24, 2.45) is 0 Å². The molecule has 5 rings (SSSR count).